The summed E-state index contributed by atoms with van der Waals surface area (Å²) >= 11 is 0. The molecule has 1 atom stereocenters. The molecule has 2 aromatic rings. The molecule has 128 valence electrons. The van der Waals surface area contributed by atoms with E-state index in [0.717, 1.165) is 18.5 Å². The average Bonchev–Trinajstić information content (AvgIpc) is 2.61. The van der Waals surface area contributed by atoms with Crippen LogP contribution in [0.3, 0.4) is 0 Å². The summed E-state index contributed by atoms with van der Waals surface area (Å²) in [6, 6.07) is 14.2. The zero-order chi connectivity index (χ0) is 17.4. The second kappa shape index (κ2) is 9.06. The minimum absolute atomic E-state index is 0.0174. The van der Waals surface area contributed by atoms with Crippen molar-refractivity contribution in [2.45, 2.75) is 39.8 Å². The van der Waals surface area contributed by atoms with E-state index in [0.29, 0.717) is 12.5 Å². The normalized spacial score (nSPS) is 12.0. The van der Waals surface area contributed by atoms with Crippen LogP contribution in [0.25, 0.3) is 0 Å². The predicted octanol–water partition coefficient (Wildman–Crippen LogP) is 4.40. The number of hydrogen-bond acceptors (Lipinski definition) is 2. The number of nitrogens with one attached hydrogen (secondary N) is 1. The molecule has 1 heterocycles. The van der Waals surface area contributed by atoms with Gasteiger partial charge in [0.05, 0.1) is 6.04 Å². The molecule has 2 rings (SSSR count). The van der Waals surface area contributed by atoms with Crippen LogP contribution in [0.2, 0.25) is 0 Å². The zero-order valence-corrected chi connectivity index (χ0v) is 14.8. The molecule has 4 heteroatoms. The van der Waals surface area contributed by atoms with Crippen LogP contribution in [-0.4, -0.2) is 22.5 Å². The van der Waals surface area contributed by atoms with E-state index in [1.807, 2.05) is 35.2 Å². The van der Waals surface area contributed by atoms with E-state index in [-0.39, 0.29) is 12.1 Å². The molecule has 0 fully saturated rings. The minimum Gasteiger partial charge on any atom is -0.334 e. The third-order valence-corrected chi connectivity index (χ3v) is 3.96. The Morgan fingerprint density at radius 2 is 1.79 bits per heavy atom. The van der Waals surface area contributed by atoms with Gasteiger partial charge in [0, 0.05) is 25.5 Å². The summed E-state index contributed by atoms with van der Waals surface area (Å²) in [6.45, 7) is 7.65. The Morgan fingerprint density at radius 1 is 1.12 bits per heavy atom. The van der Waals surface area contributed by atoms with Crippen LogP contribution in [0.5, 0.6) is 0 Å². The molecular formula is C20H27N3O. The molecule has 24 heavy (non-hydrogen) atoms. The number of carbonyl (C=O) groups is 1. The Bertz CT molecular complexity index is 613. The van der Waals surface area contributed by atoms with Crippen molar-refractivity contribution in [3.05, 3.63) is 66.0 Å². The Balaban J connectivity index is 2.12. The molecular weight excluding hydrogens is 298 g/mol. The van der Waals surface area contributed by atoms with Gasteiger partial charge in [-0.3, -0.25) is 4.98 Å². The fourth-order valence-corrected chi connectivity index (χ4v) is 2.84. The first-order chi connectivity index (χ1) is 11.6. The lowest BCUT2D eigenvalue weighted by atomic mass is 10.0. The Labute approximate surface area is 144 Å². The summed E-state index contributed by atoms with van der Waals surface area (Å²) in [7, 11) is 0. The van der Waals surface area contributed by atoms with Gasteiger partial charge in [-0.15, -0.1) is 0 Å². The monoisotopic (exact) mass is 325 g/mol. The fourth-order valence-electron chi connectivity index (χ4n) is 2.84. The van der Waals surface area contributed by atoms with E-state index >= 15 is 0 Å². The van der Waals surface area contributed by atoms with E-state index in [2.05, 4.69) is 43.2 Å². The van der Waals surface area contributed by atoms with Crippen LogP contribution in [0, 0.1) is 5.92 Å². The number of pyridine rings is 1. The molecule has 2 amide bonds. The quantitative estimate of drug-likeness (QED) is 0.820. The first kappa shape index (κ1) is 18.0. The summed E-state index contributed by atoms with van der Waals surface area (Å²) in [5.41, 5.74) is 2.23. The lowest BCUT2D eigenvalue weighted by molar-refractivity contribution is 0.162. The Morgan fingerprint density at radius 3 is 2.38 bits per heavy atom. The molecule has 1 aromatic carbocycles. The average molecular weight is 325 g/mol. The first-order valence-electron chi connectivity index (χ1n) is 8.60. The van der Waals surface area contributed by atoms with Crippen molar-refractivity contribution in [1.29, 1.82) is 0 Å². The number of urea groups is 1. The van der Waals surface area contributed by atoms with Crippen LogP contribution in [0.4, 0.5) is 4.79 Å². The van der Waals surface area contributed by atoms with Crippen molar-refractivity contribution in [1.82, 2.24) is 15.2 Å². The highest BCUT2D eigenvalue weighted by atomic mass is 16.2. The SMILES string of the molecule is CC[C@H](c1ccccc1)N(CC(C)C)C(=O)NCc1ccncc1. The zero-order valence-electron chi connectivity index (χ0n) is 14.8. The van der Waals surface area contributed by atoms with Crippen molar-refractivity contribution in [3.63, 3.8) is 0 Å². The van der Waals surface area contributed by atoms with Gasteiger partial charge in [-0.2, -0.15) is 0 Å². The number of rotatable bonds is 7. The molecule has 0 aliphatic carbocycles. The molecule has 0 radical (unpaired) electrons. The third kappa shape index (κ3) is 5.08. The summed E-state index contributed by atoms with van der Waals surface area (Å²) in [6.07, 6.45) is 4.37. The highest BCUT2D eigenvalue weighted by molar-refractivity contribution is 5.74. The van der Waals surface area contributed by atoms with Gasteiger partial charge in [0.2, 0.25) is 0 Å². The Hall–Kier alpha value is -2.36. The highest BCUT2D eigenvalue weighted by Crippen LogP contribution is 2.25. The second-order valence-corrected chi connectivity index (χ2v) is 6.40. The lowest BCUT2D eigenvalue weighted by Gasteiger charge is -2.33. The number of nitrogens with zero attached hydrogens (tertiary/aromatic N) is 2. The Kier molecular flexibility index (Phi) is 6.79. The van der Waals surface area contributed by atoms with Gasteiger partial charge in [0.15, 0.2) is 0 Å². The maximum Gasteiger partial charge on any atom is 0.318 e. The van der Waals surface area contributed by atoms with Gasteiger partial charge in [-0.25, -0.2) is 4.79 Å². The predicted molar refractivity (Wildman–Crippen MR) is 97.5 cm³/mol. The molecule has 0 aliphatic rings. The summed E-state index contributed by atoms with van der Waals surface area (Å²) in [5.74, 6) is 0.412. The van der Waals surface area contributed by atoms with E-state index in [1.54, 1.807) is 12.4 Å². The van der Waals surface area contributed by atoms with Gasteiger partial charge >= 0.3 is 6.03 Å². The van der Waals surface area contributed by atoms with Crippen LogP contribution < -0.4 is 5.32 Å². The van der Waals surface area contributed by atoms with Gasteiger partial charge in [0.25, 0.3) is 0 Å². The topological polar surface area (TPSA) is 45.2 Å². The third-order valence-electron chi connectivity index (χ3n) is 3.96. The number of amides is 2. The molecule has 0 aliphatic heterocycles. The van der Waals surface area contributed by atoms with Crippen molar-refractivity contribution in [2.24, 2.45) is 5.92 Å². The maximum absolute atomic E-state index is 12.8. The molecule has 0 bridgehead atoms. The van der Waals surface area contributed by atoms with Crippen molar-refractivity contribution >= 4 is 6.03 Å². The molecule has 0 saturated heterocycles. The van der Waals surface area contributed by atoms with Crippen LogP contribution >= 0.6 is 0 Å². The summed E-state index contributed by atoms with van der Waals surface area (Å²) in [5, 5.41) is 3.05. The summed E-state index contributed by atoms with van der Waals surface area (Å²) in [4.78, 5) is 18.8. The molecule has 1 aromatic heterocycles. The number of hydrogen-bond donors (Lipinski definition) is 1. The fraction of sp³-hybridized carbons (Fsp3) is 0.400. The number of carbonyl (C=O) groups excluding carboxylic acids is 1. The van der Waals surface area contributed by atoms with Crippen LogP contribution in [0.15, 0.2) is 54.9 Å². The van der Waals surface area contributed by atoms with Crippen molar-refractivity contribution in [3.8, 4) is 0 Å². The summed E-state index contributed by atoms with van der Waals surface area (Å²) < 4.78 is 0. The first-order valence-corrected chi connectivity index (χ1v) is 8.60. The molecule has 0 unspecified atom stereocenters. The van der Waals surface area contributed by atoms with Crippen molar-refractivity contribution < 1.29 is 4.79 Å². The molecule has 1 N–H and O–H groups in total. The minimum atomic E-state index is -0.0174. The molecule has 0 saturated carbocycles. The van der Waals surface area contributed by atoms with Gasteiger partial charge in [0.1, 0.15) is 0 Å². The number of benzene rings is 1. The van der Waals surface area contributed by atoms with Crippen molar-refractivity contribution in [2.75, 3.05) is 6.54 Å². The smallest absolute Gasteiger partial charge is 0.318 e. The largest absolute Gasteiger partial charge is 0.334 e. The van der Waals surface area contributed by atoms with E-state index < -0.39 is 0 Å². The molecule has 0 spiro atoms. The number of aromatic nitrogens is 1. The van der Waals surface area contributed by atoms with Gasteiger partial charge in [-0.1, -0.05) is 51.1 Å². The van der Waals surface area contributed by atoms with Crippen LogP contribution in [0.1, 0.15) is 44.4 Å². The standard InChI is InChI=1S/C20H27N3O/c1-4-19(18-8-6-5-7-9-18)23(15-16(2)3)20(24)22-14-17-10-12-21-13-11-17/h5-13,16,19H,4,14-15H2,1-3H3,(H,22,24)/t19-/m1/s1. The highest BCUT2D eigenvalue weighted by Gasteiger charge is 2.24. The lowest BCUT2D eigenvalue weighted by Crippen LogP contribution is -2.43. The van der Waals surface area contributed by atoms with Gasteiger partial charge in [-0.05, 0) is 35.6 Å². The maximum atomic E-state index is 12.8. The van der Waals surface area contributed by atoms with E-state index in [9.17, 15) is 4.79 Å². The van der Waals surface area contributed by atoms with E-state index in [4.69, 9.17) is 0 Å². The van der Waals surface area contributed by atoms with Crippen LogP contribution in [-0.2, 0) is 6.54 Å². The second-order valence-electron chi connectivity index (χ2n) is 6.40. The molecule has 4 nitrogen and oxygen atoms in total. The van der Waals surface area contributed by atoms with Gasteiger partial charge < -0.3 is 10.2 Å². The van der Waals surface area contributed by atoms with E-state index in [1.165, 1.54) is 5.56 Å².